The molecule has 5 heteroatoms. The van der Waals surface area contributed by atoms with Gasteiger partial charge in [0.25, 0.3) is 0 Å². The van der Waals surface area contributed by atoms with Gasteiger partial charge in [-0.3, -0.25) is 4.79 Å². The molecule has 0 aliphatic rings. The third-order valence-corrected chi connectivity index (χ3v) is 3.27. The van der Waals surface area contributed by atoms with E-state index in [1.54, 1.807) is 24.3 Å². The number of carboxylic acids is 1. The number of halogens is 1. The Morgan fingerprint density at radius 1 is 1.00 bits per heavy atom. The van der Waals surface area contributed by atoms with E-state index in [0.717, 1.165) is 16.1 Å². The van der Waals surface area contributed by atoms with Gasteiger partial charge in [-0.15, -0.1) is 0 Å². The van der Waals surface area contributed by atoms with Gasteiger partial charge in [-0.25, -0.2) is 0 Å². The van der Waals surface area contributed by atoms with Crippen molar-refractivity contribution in [2.45, 2.75) is 0 Å². The van der Waals surface area contributed by atoms with E-state index >= 15 is 0 Å². The summed E-state index contributed by atoms with van der Waals surface area (Å²) in [4.78, 5) is 21.9. The van der Waals surface area contributed by atoms with Gasteiger partial charge in [0.1, 0.15) is 0 Å². The number of nitrogens with one attached hydrogen (secondary N) is 1. The number of carbonyl (C=O) groups excluding carboxylic acids is 2. The Labute approximate surface area is 142 Å². The molecule has 0 unspecified atom stereocenters. The van der Waals surface area contributed by atoms with E-state index in [0.29, 0.717) is 17.3 Å². The summed E-state index contributed by atoms with van der Waals surface area (Å²) in [6.07, 6.45) is 1.57. The molecule has 0 saturated heterocycles. The molecule has 2 aromatic rings. The van der Waals surface area contributed by atoms with Crippen molar-refractivity contribution < 1.29 is 14.7 Å². The molecule has 4 nitrogen and oxygen atoms in total. The van der Waals surface area contributed by atoms with Crippen molar-refractivity contribution in [2.24, 2.45) is 0 Å². The lowest BCUT2D eigenvalue weighted by atomic mass is 10.1. The highest BCUT2D eigenvalue weighted by Crippen LogP contribution is 2.14. The van der Waals surface area contributed by atoms with Crippen molar-refractivity contribution in [1.82, 2.24) is 0 Å². The number of benzene rings is 2. The first-order valence-corrected chi connectivity index (χ1v) is 7.40. The van der Waals surface area contributed by atoms with Gasteiger partial charge >= 0.3 is 0 Å². The van der Waals surface area contributed by atoms with Crippen molar-refractivity contribution in [1.29, 1.82) is 0 Å². The molecule has 23 heavy (non-hydrogen) atoms. The van der Waals surface area contributed by atoms with E-state index in [2.05, 4.69) is 33.1 Å². The lowest BCUT2D eigenvalue weighted by Gasteiger charge is -2.04. The Bertz CT molecular complexity index is 814. The fourth-order valence-corrected chi connectivity index (χ4v) is 1.96. The van der Waals surface area contributed by atoms with Crippen LogP contribution in [0.5, 0.6) is 0 Å². The van der Waals surface area contributed by atoms with Crippen LogP contribution in [-0.2, 0) is 9.59 Å². The summed E-state index contributed by atoms with van der Waals surface area (Å²) in [5.41, 5.74) is 1.97. The molecule has 1 amide bonds. The number of carbonyl (C=O) groups is 2. The molecule has 0 bridgehead atoms. The first kappa shape index (κ1) is 16.5. The Morgan fingerprint density at radius 2 is 1.70 bits per heavy atom. The van der Waals surface area contributed by atoms with E-state index in [1.807, 2.05) is 24.3 Å². The van der Waals surface area contributed by atoms with E-state index in [4.69, 9.17) is 0 Å². The van der Waals surface area contributed by atoms with E-state index in [-0.39, 0.29) is 0 Å². The summed E-state index contributed by atoms with van der Waals surface area (Å²) < 4.78 is 0.968. The van der Waals surface area contributed by atoms with Crippen molar-refractivity contribution >= 4 is 33.5 Å². The number of hydrogen-bond donors (Lipinski definition) is 1. The number of carboxylic acid groups (broad SMARTS) is 1. The van der Waals surface area contributed by atoms with Gasteiger partial charge in [-0.2, -0.15) is 0 Å². The number of aliphatic carboxylic acids is 1. The van der Waals surface area contributed by atoms with Crippen LogP contribution in [0.15, 0.2) is 65.2 Å². The molecule has 0 aliphatic heterocycles. The van der Waals surface area contributed by atoms with Gasteiger partial charge in [-0.05, 0) is 42.5 Å². The molecule has 0 saturated carbocycles. The highest BCUT2D eigenvalue weighted by Gasteiger charge is 2.02. The highest BCUT2D eigenvalue weighted by atomic mass is 79.9. The second-order valence-electron chi connectivity index (χ2n) is 4.44. The van der Waals surface area contributed by atoms with Crippen LogP contribution in [0.1, 0.15) is 11.1 Å². The number of amides is 1. The molecule has 114 valence electrons. The first-order valence-electron chi connectivity index (χ1n) is 6.61. The van der Waals surface area contributed by atoms with Crippen LogP contribution in [-0.4, -0.2) is 11.9 Å². The van der Waals surface area contributed by atoms with Crippen LogP contribution in [0.4, 0.5) is 5.69 Å². The molecule has 0 atom stereocenters. The predicted octanol–water partition coefficient (Wildman–Crippen LogP) is 2.09. The highest BCUT2D eigenvalue weighted by molar-refractivity contribution is 9.10. The van der Waals surface area contributed by atoms with Crippen molar-refractivity contribution in [3.05, 3.63) is 76.3 Å². The summed E-state index contributed by atoms with van der Waals surface area (Å²) in [7, 11) is 0. The first-order chi connectivity index (χ1) is 11.0. The Kier molecular flexibility index (Phi) is 5.73. The topological polar surface area (TPSA) is 69.2 Å². The summed E-state index contributed by atoms with van der Waals surface area (Å²) in [6, 6.07) is 14.5. The molecule has 0 aliphatic carbocycles. The molecule has 0 aromatic heterocycles. The van der Waals surface area contributed by atoms with E-state index in [9.17, 15) is 14.7 Å². The molecular weight excluding hydrogens is 358 g/mol. The summed E-state index contributed by atoms with van der Waals surface area (Å²) in [6.45, 7) is 0. The lowest BCUT2D eigenvalue weighted by molar-refractivity contribution is -0.297. The molecule has 2 rings (SSSR count). The van der Waals surface area contributed by atoms with E-state index < -0.39 is 11.9 Å². The predicted molar refractivity (Wildman–Crippen MR) is 89.3 cm³/mol. The van der Waals surface area contributed by atoms with Gasteiger partial charge in [0.15, 0.2) is 0 Å². The van der Waals surface area contributed by atoms with Gasteiger partial charge in [0, 0.05) is 21.7 Å². The fourth-order valence-electron chi connectivity index (χ4n) is 1.69. The second kappa shape index (κ2) is 7.97. The third-order valence-electron chi connectivity index (χ3n) is 2.74. The minimum absolute atomic E-state index is 0.505. The van der Waals surface area contributed by atoms with Gasteiger partial charge < -0.3 is 15.2 Å². The SMILES string of the molecule is O=C([O-])C=CC(=O)Nc1ccccc1C#Cc1ccc(Br)cc1. The Balaban J connectivity index is 2.19. The minimum Gasteiger partial charge on any atom is -0.545 e. The zero-order valence-electron chi connectivity index (χ0n) is 11.9. The van der Waals surface area contributed by atoms with Crippen LogP contribution < -0.4 is 10.4 Å². The second-order valence-corrected chi connectivity index (χ2v) is 5.36. The number of rotatable bonds is 3. The summed E-state index contributed by atoms with van der Waals surface area (Å²) in [5, 5.41) is 12.9. The molecule has 0 fully saturated rings. The number of para-hydroxylation sites is 1. The quantitative estimate of drug-likeness (QED) is 0.666. The van der Waals surface area contributed by atoms with Crippen molar-refractivity contribution in [2.75, 3.05) is 5.32 Å². The van der Waals surface area contributed by atoms with E-state index in [1.165, 1.54) is 0 Å². The van der Waals surface area contributed by atoms with Gasteiger partial charge in [0.05, 0.1) is 11.7 Å². The smallest absolute Gasteiger partial charge is 0.248 e. The normalized spacial score (nSPS) is 9.96. The minimum atomic E-state index is -1.43. The molecule has 0 heterocycles. The average molecular weight is 369 g/mol. The van der Waals surface area contributed by atoms with Gasteiger partial charge in [-0.1, -0.05) is 39.9 Å². The maximum Gasteiger partial charge on any atom is 0.248 e. The molecule has 0 radical (unpaired) electrons. The largest absolute Gasteiger partial charge is 0.545 e. The zero-order valence-corrected chi connectivity index (χ0v) is 13.5. The summed E-state index contributed by atoms with van der Waals surface area (Å²) >= 11 is 3.36. The van der Waals surface area contributed by atoms with Crippen LogP contribution in [0, 0.1) is 11.8 Å². The lowest BCUT2D eigenvalue weighted by Crippen LogP contribution is -2.20. The Hall–Kier alpha value is -2.84. The molecular formula is C18H11BrNO3-. The molecule has 2 aromatic carbocycles. The number of hydrogen-bond acceptors (Lipinski definition) is 3. The third kappa shape index (κ3) is 5.46. The monoisotopic (exact) mass is 368 g/mol. The number of anilines is 1. The average Bonchev–Trinajstić information content (AvgIpc) is 2.53. The zero-order chi connectivity index (χ0) is 16.7. The fraction of sp³-hybridized carbons (Fsp3) is 0. The van der Waals surface area contributed by atoms with Crippen LogP contribution in [0.2, 0.25) is 0 Å². The van der Waals surface area contributed by atoms with Crippen LogP contribution in [0.3, 0.4) is 0 Å². The maximum absolute atomic E-state index is 11.6. The van der Waals surface area contributed by atoms with Crippen molar-refractivity contribution in [3.63, 3.8) is 0 Å². The molecule has 0 spiro atoms. The summed E-state index contributed by atoms with van der Waals surface area (Å²) in [5.74, 6) is 4.00. The van der Waals surface area contributed by atoms with Crippen LogP contribution >= 0.6 is 15.9 Å². The van der Waals surface area contributed by atoms with Crippen molar-refractivity contribution in [3.8, 4) is 11.8 Å². The maximum atomic E-state index is 11.6. The Morgan fingerprint density at radius 3 is 2.39 bits per heavy atom. The molecule has 1 N–H and O–H groups in total. The standard InChI is InChI=1S/C18H12BrNO3/c19-15-9-6-13(7-10-15)5-8-14-3-1-2-4-16(14)20-17(21)11-12-18(22)23/h1-4,6-7,9-12H,(H,20,21)(H,22,23)/p-1. The van der Waals surface area contributed by atoms with Crippen LogP contribution in [0.25, 0.3) is 0 Å². The van der Waals surface area contributed by atoms with Gasteiger partial charge in [0.2, 0.25) is 5.91 Å².